The summed E-state index contributed by atoms with van der Waals surface area (Å²) in [6, 6.07) is 8.88. The first kappa shape index (κ1) is 25.6. The summed E-state index contributed by atoms with van der Waals surface area (Å²) in [7, 11) is 0. The molecule has 3 N–H and O–H groups in total. The molecule has 0 saturated heterocycles. The lowest BCUT2D eigenvalue weighted by atomic mass is 9.97. The molecule has 1 aliphatic rings. The highest BCUT2D eigenvalue weighted by atomic mass is 32.1. The SMILES string of the molecule is Cc1ccc2c(N)c(C(=O)NCCc3ccc(C4=CCN(C(=O)OC(C)(C)C)CC4)c(F)c3)sc2n1. The maximum atomic E-state index is 14.9. The average Bonchev–Trinajstić information content (AvgIpc) is 3.13. The number of aryl methyl sites for hydroxylation is 1. The van der Waals surface area contributed by atoms with E-state index in [1.807, 2.05) is 52.0 Å². The van der Waals surface area contributed by atoms with Gasteiger partial charge in [-0.05, 0) is 69.9 Å². The number of nitrogens with zero attached hydrogens (tertiary/aromatic N) is 2. The molecule has 0 bridgehead atoms. The van der Waals surface area contributed by atoms with Crippen molar-refractivity contribution in [2.24, 2.45) is 0 Å². The van der Waals surface area contributed by atoms with Gasteiger partial charge in [-0.15, -0.1) is 11.3 Å². The number of hydrogen-bond acceptors (Lipinski definition) is 6. The molecule has 36 heavy (non-hydrogen) atoms. The third-order valence-corrected chi connectivity index (χ3v) is 6.99. The normalized spacial score (nSPS) is 14.0. The number of ether oxygens (including phenoxy) is 1. The molecule has 190 valence electrons. The Kier molecular flexibility index (Phi) is 7.31. The largest absolute Gasteiger partial charge is 0.444 e. The second kappa shape index (κ2) is 10.3. The van der Waals surface area contributed by atoms with Crippen molar-refractivity contribution in [2.75, 3.05) is 25.4 Å². The number of anilines is 1. The Morgan fingerprint density at radius 2 is 2.03 bits per heavy atom. The van der Waals surface area contributed by atoms with Crippen LogP contribution in [0.25, 0.3) is 15.8 Å². The number of pyridine rings is 1. The molecule has 2 amide bonds. The fraction of sp³-hybridized carbons (Fsp3) is 0.370. The molecule has 0 atom stereocenters. The summed E-state index contributed by atoms with van der Waals surface area (Å²) in [6.07, 6.45) is 2.55. The number of aromatic nitrogens is 1. The number of nitrogens with two attached hydrogens (primary N) is 1. The lowest BCUT2D eigenvalue weighted by Crippen LogP contribution is -2.39. The summed E-state index contributed by atoms with van der Waals surface area (Å²) in [5.41, 5.74) is 9.09. The van der Waals surface area contributed by atoms with Crippen molar-refractivity contribution in [1.82, 2.24) is 15.2 Å². The summed E-state index contributed by atoms with van der Waals surface area (Å²) in [4.78, 5) is 32.1. The Morgan fingerprint density at radius 1 is 1.25 bits per heavy atom. The van der Waals surface area contributed by atoms with Crippen molar-refractivity contribution in [3.63, 3.8) is 0 Å². The fourth-order valence-electron chi connectivity index (χ4n) is 4.04. The summed E-state index contributed by atoms with van der Waals surface area (Å²) in [6.45, 7) is 8.59. The summed E-state index contributed by atoms with van der Waals surface area (Å²) in [5, 5.41) is 3.65. The molecule has 0 fully saturated rings. The molecule has 3 heterocycles. The molecule has 3 aromatic rings. The minimum atomic E-state index is -0.552. The van der Waals surface area contributed by atoms with Crippen LogP contribution in [0.1, 0.15) is 53.7 Å². The first-order chi connectivity index (χ1) is 17.0. The number of amides is 2. The van der Waals surface area contributed by atoms with Gasteiger partial charge >= 0.3 is 6.09 Å². The van der Waals surface area contributed by atoms with E-state index in [1.54, 1.807) is 11.0 Å². The van der Waals surface area contributed by atoms with E-state index in [9.17, 15) is 14.0 Å². The maximum Gasteiger partial charge on any atom is 0.410 e. The number of carbonyl (C=O) groups is 2. The molecular weight excluding hydrogens is 479 g/mol. The van der Waals surface area contributed by atoms with Crippen molar-refractivity contribution in [2.45, 2.75) is 46.1 Å². The van der Waals surface area contributed by atoms with E-state index in [2.05, 4.69) is 10.3 Å². The highest BCUT2D eigenvalue weighted by Crippen LogP contribution is 2.32. The van der Waals surface area contributed by atoms with Gasteiger partial charge < -0.3 is 20.7 Å². The van der Waals surface area contributed by atoms with Gasteiger partial charge in [0.15, 0.2) is 0 Å². The molecule has 4 rings (SSSR count). The van der Waals surface area contributed by atoms with Crippen LogP contribution in [-0.2, 0) is 11.2 Å². The summed E-state index contributed by atoms with van der Waals surface area (Å²) >= 11 is 1.27. The van der Waals surface area contributed by atoms with Gasteiger partial charge in [-0.1, -0.05) is 18.2 Å². The molecule has 1 aliphatic heterocycles. The minimum absolute atomic E-state index is 0.257. The molecule has 0 spiro atoms. The van der Waals surface area contributed by atoms with Gasteiger partial charge in [0.1, 0.15) is 21.1 Å². The Balaban J connectivity index is 1.34. The number of nitrogens with one attached hydrogen (secondary N) is 1. The van der Waals surface area contributed by atoms with Gasteiger partial charge in [0.2, 0.25) is 0 Å². The van der Waals surface area contributed by atoms with E-state index in [0.717, 1.165) is 27.0 Å². The summed E-state index contributed by atoms with van der Waals surface area (Å²) in [5.74, 6) is -0.571. The van der Waals surface area contributed by atoms with Gasteiger partial charge in [-0.25, -0.2) is 14.2 Å². The third kappa shape index (κ3) is 5.84. The van der Waals surface area contributed by atoms with E-state index >= 15 is 0 Å². The minimum Gasteiger partial charge on any atom is -0.444 e. The fourth-order valence-corrected chi connectivity index (χ4v) is 5.10. The molecule has 0 radical (unpaired) electrons. The highest BCUT2D eigenvalue weighted by Gasteiger charge is 2.24. The van der Waals surface area contributed by atoms with Crippen molar-refractivity contribution in [3.05, 3.63) is 63.9 Å². The van der Waals surface area contributed by atoms with Crippen LogP contribution in [0.5, 0.6) is 0 Å². The molecule has 1 aromatic carbocycles. The number of halogens is 1. The van der Waals surface area contributed by atoms with Gasteiger partial charge in [0.25, 0.3) is 5.91 Å². The Bertz CT molecular complexity index is 1340. The second-order valence-corrected chi connectivity index (χ2v) is 10.9. The molecule has 2 aromatic heterocycles. The highest BCUT2D eigenvalue weighted by molar-refractivity contribution is 7.21. The van der Waals surface area contributed by atoms with Gasteiger partial charge in [-0.3, -0.25) is 4.79 Å². The smallest absolute Gasteiger partial charge is 0.410 e. The molecule has 7 nitrogen and oxygen atoms in total. The number of thiophene rings is 1. The Hall–Kier alpha value is -3.46. The van der Waals surface area contributed by atoms with Gasteiger partial charge in [-0.2, -0.15) is 0 Å². The van der Waals surface area contributed by atoms with E-state index in [4.69, 9.17) is 10.5 Å². The van der Waals surface area contributed by atoms with Crippen LogP contribution >= 0.6 is 11.3 Å². The number of nitrogen functional groups attached to an aromatic ring is 1. The van der Waals surface area contributed by atoms with Crippen LogP contribution in [0.2, 0.25) is 0 Å². The molecule has 0 unspecified atom stereocenters. The number of fused-ring (bicyclic) bond motifs is 1. The summed E-state index contributed by atoms with van der Waals surface area (Å²) < 4.78 is 20.3. The van der Waals surface area contributed by atoms with E-state index < -0.39 is 5.60 Å². The zero-order valence-electron chi connectivity index (χ0n) is 21.0. The van der Waals surface area contributed by atoms with E-state index in [-0.39, 0.29) is 17.8 Å². The van der Waals surface area contributed by atoms with Crippen molar-refractivity contribution < 1.29 is 18.7 Å². The van der Waals surface area contributed by atoms with Crippen molar-refractivity contribution >= 4 is 44.8 Å². The van der Waals surface area contributed by atoms with Crippen LogP contribution < -0.4 is 11.1 Å². The van der Waals surface area contributed by atoms with Crippen molar-refractivity contribution in [1.29, 1.82) is 0 Å². The van der Waals surface area contributed by atoms with Crippen LogP contribution in [0, 0.1) is 12.7 Å². The van der Waals surface area contributed by atoms with Crippen LogP contribution in [0.3, 0.4) is 0 Å². The number of carbonyl (C=O) groups excluding carboxylic acids is 2. The monoisotopic (exact) mass is 510 g/mol. The molecule has 0 saturated carbocycles. The molecule has 9 heteroatoms. The van der Waals surface area contributed by atoms with E-state index in [0.29, 0.717) is 48.6 Å². The van der Waals surface area contributed by atoms with Crippen molar-refractivity contribution in [3.8, 4) is 0 Å². The maximum absolute atomic E-state index is 14.9. The number of benzene rings is 1. The van der Waals surface area contributed by atoms with Gasteiger partial charge in [0, 0.05) is 36.3 Å². The predicted molar refractivity (Wildman–Crippen MR) is 142 cm³/mol. The lowest BCUT2D eigenvalue weighted by Gasteiger charge is -2.29. The van der Waals surface area contributed by atoms with Crippen LogP contribution in [0.4, 0.5) is 14.9 Å². The van der Waals surface area contributed by atoms with E-state index in [1.165, 1.54) is 17.4 Å². The quantitative estimate of drug-likeness (QED) is 0.484. The Labute approximate surface area is 214 Å². The first-order valence-corrected chi connectivity index (χ1v) is 12.7. The Morgan fingerprint density at radius 3 is 2.69 bits per heavy atom. The number of hydrogen-bond donors (Lipinski definition) is 2. The molecular formula is C27H31FN4O3S. The zero-order valence-corrected chi connectivity index (χ0v) is 21.8. The standard InChI is InChI=1S/C27H31FN4O3S/c1-16-5-7-20-22(29)23(36-25(20)31-16)24(33)30-12-9-17-6-8-19(21(28)15-17)18-10-13-32(14-11-18)26(34)35-27(2,3)4/h5-8,10,15H,9,11-14,29H2,1-4H3,(H,30,33). The van der Waals surface area contributed by atoms with Gasteiger partial charge in [0.05, 0.1) is 5.69 Å². The average molecular weight is 511 g/mol. The molecule has 0 aliphatic carbocycles. The number of rotatable bonds is 5. The van der Waals surface area contributed by atoms with Crippen LogP contribution in [-0.4, -0.2) is 47.1 Å². The lowest BCUT2D eigenvalue weighted by molar-refractivity contribution is 0.0270. The predicted octanol–water partition coefficient (Wildman–Crippen LogP) is 5.32. The second-order valence-electron chi connectivity index (χ2n) is 9.88. The first-order valence-electron chi connectivity index (χ1n) is 11.9. The zero-order chi connectivity index (χ0) is 26.0. The third-order valence-electron chi connectivity index (χ3n) is 5.88. The topological polar surface area (TPSA) is 97.6 Å². The van der Waals surface area contributed by atoms with Crippen LogP contribution in [0.15, 0.2) is 36.4 Å².